The molecule has 0 bridgehead atoms. The molecule has 4 aromatic carbocycles. The predicted octanol–water partition coefficient (Wildman–Crippen LogP) is 9.01. The zero-order chi connectivity index (χ0) is 27.0. The first-order valence-electron chi connectivity index (χ1n) is 13.5. The maximum Gasteiger partial charge on any atom is 0.140 e. The third kappa shape index (κ3) is 6.47. The van der Waals surface area contributed by atoms with Crippen LogP contribution in [0.4, 0.5) is 4.39 Å². The van der Waals surface area contributed by atoms with Gasteiger partial charge in [-0.05, 0) is 24.1 Å². The van der Waals surface area contributed by atoms with Crippen LogP contribution in [0, 0.1) is 5.82 Å². The SMILES string of the molecule is CCCCn1c(-c2ccccc2)nc(-c2ccccc2)c1CN(Cc1ccccc1)Cc1c(F)cccc1Cl. The number of nitrogens with zero attached hydrogens (tertiary/aromatic N) is 3. The van der Waals surface area contributed by atoms with Gasteiger partial charge in [-0.25, -0.2) is 9.37 Å². The highest BCUT2D eigenvalue weighted by Crippen LogP contribution is 2.32. The lowest BCUT2D eigenvalue weighted by atomic mass is 10.1. The van der Waals surface area contributed by atoms with Gasteiger partial charge in [-0.15, -0.1) is 0 Å². The summed E-state index contributed by atoms with van der Waals surface area (Å²) in [6, 6.07) is 35.9. The Morgan fingerprint density at radius 1 is 0.744 bits per heavy atom. The van der Waals surface area contributed by atoms with Crippen LogP contribution < -0.4 is 0 Å². The molecule has 39 heavy (non-hydrogen) atoms. The van der Waals surface area contributed by atoms with Crippen LogP contribution in [0.3, 0.4) is 0 Å². The normalized spacial score (nSPS) is 11.3. The molecule has 0 fully saturated rings. The molecule has 5 rings (SSSR count). The molecule has 0 aliphatic rings. The number of unbranched alkanes of at least 4 members (excludes halogenated alkanes) is 1. The highest BCUT2D eigenvalue weighted by molar-refractivity contribution is 6.31. The van der Waals surface area contributed by atoms with E-state index in [-0.39, 0.29) is 5.82 Å². The molecule has 0 atom stereocenters. The molecule has 1 aromatic heterocycles. The number of imidazole rings is 1. The largest absolute Gasteiger partial charge is 0.326 e. The monoisotopic (exact) mass is 537 g/mol. The van der Waals surface area contributed by atoms with Crippen LogP contribution in [0.5, 0.6) is 0 Å². The quantitative estimate of drug-likeness (QED) is 0.167. The van der Waals surface area contributed by atoms with E-state index >= 15 is 0 Å². The molecule has 1 heterocycles. The zero-order valence-electron chi connectivity index (χ0n) is 22.2. The third-order valence-corrected chi connectivity index (χ3v) is 7.31. The topological polar surface area (TPSA) is 21.1 Å². The standard InChI is InChI=1S/C34H33ClFN3/c1-2-3-22-39-32(33(27-16-9-5-10-17-27)37-34(39)28-18-11-6-12-19-28)25-38(23-26-14-7-4-8-15-26)24-29-30(35)20-13-21-31(29)36/h4-21H,2-3,22-25H2,1H3. The Morgan fingerprint density at radius 3 is 2.03 bits per heavy atom. The summed E-state index contributed by atoms with van der Waals surface area (Å²) >= 11 is 6.51. The molecule has 0 amide bonds. The molecule has 0 aliphatic carbocycles. The van der Waals surface area contributed by atoms with Crippen molar-refractivity contribution in [1.29, 1.82) is 0 Å². The van der Waals surface area contributed by atoms with Crippen LogP contribution in [0.2, 0.25) is 5.02 Å². The Hall–Kier alpha value is -3.73. The van der Waals surface area contributed by atoms with Crippen molar-refractivity contribution in [2.45, 2.75) is 45.9 Å². The van der Waals surface area contributed by atoms with E-state index in [4.69, 9.17) is 16.6 Å². The van der Waals surface area contributed by atoms with Crippen molar-refractivity contribution >= 4 is 11.6 Å². The summed E-state index contributed by atoms with van der Waals surface area (Å²) in [6.45, 7) is 4.69. The average molecular weight is 538 g/mol. The molecular weight excluding hydrogens is 505 g/mol. The summed E-state index contributed by atoms with van der Waals surface area (Å²) in [7, 11) is 0. The van der Waals surface area contributed by atoms with Gasteiger partial charge in [-0.2, -0.15) is 0 Å². The minimum atomic E-state index is -0.284. The Labute approximate surface area is 235 Å². The second-order valence-corrected chi connectivity index (χ2v) is 10.2. The van der Waals surface area contributed by atoms with Crippen molar-refractivity contribution in [3.63, 3.8) is 0 Å². The number of rotatable bonds is 11. The third-order valence-electron chi connectivity index (χ3n) is 6.95. The summed E-state index contributed by atoms with van der Waals surface area (Å²) in [5.41, 5.74) is 5.92. The van der Waals surface area contributed by atoms with E-state index < -0.39 is 0 Å². The Morgan fingerprint density at radius 2 is 1.38 bits per heavy atom. The molecule has 5 aromatic rings. The van der Waals surface area contributed by atoms with E-state index in [0.717, 1.165) is 53.3 Å². The Kier molecular flexibility index (Phi) is 8.87. The van der Waals surface area contributed by atoms with E-state index in [2.05, 4.69) is 64.9 Å². The lowest BCUT2D eigenvalue weighted by Crippen LogP contribution is -2.25. The van der Waals surface area contributed by atoms with Gasteiger partial charge < -0.3 is 4.57 Å². The van der Waals surface area contributed by atoms with Gasteiger partial charge in [0.1, 0.15) is 11.6 Å². The summed E-state index contributed by atoms with van der Waals surface area (Å²) in [5, 5.41) is 0.445. The Balaban J connectivity index is 1.63. The molecule has 0 aliphatic heterocycles. The van der Waals surface area contributed by atoms with Crippen molar-refractivity contribution in [1.82, 2.24) is 14.5 Å². The summed E-state index contributed by atoms with van der Waals surface area (Å²) < 4.78 is 17.3. The van der Waals surface area contributed by atoms with Crippen molar-refractivity contribution in [3.05, 3.63) is 137 Å². The summed E-state index contributed by atoms with van der Waals surface area (Å²) in [4.78, 5) is 7.51. The molecule has 198 valence electrons. The molecular formula is C34H33ClFN3. The predicted molar refractivity (Wildman–Crippen MR) is 159 cm³/mol. The van der Waals surface area contributed by atoms with Crippen LogP contribution in [0.25, 0.3) is 22.6 Å². The number of hydrogen-bond acceptors (Lipinski definition) is 2. The van der Waals surface area contributed by atoms with Crippen molar-refractivity contribution in [3.8, 4) is 22.6 Å². The van der Waals surface area contributed by atoms with E-state index in [0.29, 0.717) is 30.2 Å². The fourth-order valence-electron chi connectivity index (χ4n) is 4.97. The zero-order valence-corrected chi connectivity index (χ0v) is 23.0. The van der Waals surface area contributed by atoms with Crippen molar-refractivity contribution in [2.75, 3.05) is 0 Å². The van der Waals surface area contributed by atoms with Gasteiger partial charge in [0.05, 0.1) is 11.4 Å². The average Bonchev–Trinajstić information content (AvgIpc) is 3.33. The highest BCUT2D eigenvalue weighted by Gasteiger charge is 2.23. The van der Waals surface area contributed by atoms with E-state index in [1.54, 1.807) is 12.1 Å². The lowest BCUT2D eigenvalue weighted by molar-refractivity contribution is 0.238. The van der Waals surface area contributed by atoms with Gasteiger partial charge >= 0.3 is 0 Å². The molecule has 3 nitrogen and oxygen atoms in total. The van der Waals surface area contributed by atoms with Gasteiger partial charge in [-0.3, -0.25) is 4.90 Å². The first kappa shape index (κ1) is 26.9. The number of halogens is 2. The molecule has 0 unspecified atom stereocenters. The van der Waals surface area contributed by atoms with Crippen LogP contribution in [0.15, 0.2) is 109 Å². The summed E-state index contributed by atoms with van der Waals surface area (Å²) in [5.74, 6) is 0.676. The molecule has 0 saturated heterocycles. The number of hydrogen-bond donors (Lipinski definition) is 0. The Bertz CT molecular complexity index is 1460. The maximum atomic E-state index is 15.0. The minimum Gasteiger partial charge on any atom is -0.326 e. The van der Waals surface area contributed by atoms with Gasteiger partial charge in [-0.1, -0.05) is 122 Å². The van der Waals surface area contributed by atoms with Gasteiger partial charge in [0.15, 0.2) is 0 Å². The van der Waals surface area contributed by atoms with E-state index in [1.807, 2.05) is 42.5 Å². The van der Waals surface area contributed by atoms with E-state index in [9.17, 15) is 4.39 Å². The first-order valence-corrected chi connectivity index (χ1v) is 13.9. The van der Waals surface area contributed by atoms with Crippen LogP contribution >= 0.6 is 11.6 Å². The fraction of sp³-hybridized carbons (Fsp3) is 0.206. The fourth-order valence-corrected chi connectivity index (χ4v) is 5.19. The molecule has 0 saturated carbocycles. The van der Waals surface area contributed by atoms with Crippen LogP contribution in [0.1, 0.15) is 36.6 Å². The van der Waals surface area contributed by atoms with Crippen molar-refractivity contribution in [2.24, 2.45) is 0 Å². The number of benzene rings is 4. The molecule has 0 radical (unpaired) electrons. The second-order valence-electron chi connectivity index (χ2n) is 9.80. The molecule has 0 spiro atoms. The molecule has 5 heteroatoms. The van der Waals surface area contributed by atoms with Gasteiger partial charge in [0, 0.05) is 47.9 Å². The summed E-state index contributed by atoms with van der Waals surface area (Å²) in [6.07, 6.45) is 2.11. The number of aromatic nitrogens is 2. The second kappa shape index (κ2) is 12.9. The minimum absolute atomic E-state index is 0.284. The van der Waals surface area contributed by atoms with Gasteiger partial charge in [0.2, 0.25) is 0 Å². The maximum absolute atomic E-state index is 15.0. The van der Waals surface area contributed by atoms with Crippen LogP contribution in [-0.4, -0.2) is 14.5 Å². The van der Waals surface area contributed by atoms with Crippen LogP contribution in [-0.2, 0) is 26.2 Å². The smallest absolute Gasteiger partial charge is 0.140 e. The first-order chi connectivity index (χ1) is 19.1. The molecule has 0 N–H and O–H groups in total. The highest BCUT2D eigenvalue weighted by atomic mass is 35.5. The lowest BCUT2D eigenvalue weighted by Gasteiger charge is -2.25. The van der Waals surface area contributed by atoms with Crippen molar-refractivity contribution < 1.29 is 4.39 Å². The van der Waals surface area contributed by atoms with Gasteiger partial charge in [0.25, 0.3) is 0 Å². The van der Waals surface area contributed by atoms with E-state index in [1.165, 1.54) is 6.07 Å².